The van der Waals surface area contributed by atoms with Gasteiger partial charge in [0.25, 0.3) is 11.1 Å². The van der Waals surface area contributed by atoms with E-state index in [4.69, 9.17) is 0 Å². The molecule has 6 aromatic rings. The van der Waals surface area contributed by atoms with E-state index in [1.165, 1.54) is 4.57 Å². The number of hydrogen-bond acceptors (Lipinski definition) is 4. The third kappa shape index (κ3) is 3.67. The summed E-state index contributed by atoms with van der Waals surface area (Å²) in [6.45, 7) is 5.32. The van der Waals surface area contributed by atoms with E-state index in [2.05, 4.69) is 16.0 Å². The molecule has 3 aromatic carbocycles. The minimum atomic E-state index is -1.07. The minimum Gasteiger partial charge on any atom is -0.386 e. The molecule has 1 aliphatic rings. The summed E-state index contributed by atoms with van der Waals surface area (Å²) in [5, 5.41) is 11.0. The van der Waals surface area contributed by atoms with Crippen LogP contribution < -0.4 is 16.8 Å². The van der Waals surface area contributed by atoms with Gasteiger partial charge in [-0.25, -0.2) is 9.36 Å². The maximum Gasteiger partial charge on any atom is 0.333 e. The van der Waals surface area contributed by atoms with Crippen molar-refractivity contribution < 1.29 is 5.11 Å². The molecule has 0 aliphatic heterocycles. The fraction of sp³-hybridized carbons (Fsp3) is 0.219. The average molecular weight is 533 g/mol. The predicted octanol–water partition coefficient (Wildman–Crippen LogP) is 4.85. The summed E-state index contributed by atoms with van der Waals surface area (Å²) in [6, 6.07) is 20.3. The van der Waals surface area contributed by atoms with Crippen LogP contribution in [-0.2, 0) is 5.60 Å². The zero-order valence-electron chi connectivity index (χ0n) is 22.4. The van der Waals surface area contributed by atoms with Crippen LogP contribution in [-0.4, -0.2) is 24.0 Å². The van der Waals surface area contributed by atoms with Crippen molar-refractivity contribution in [2.75, 3.05) is 0 Å². The molecule has 8 nitrogen and oxygen atoms in total. The van der Waals surface area contributed by atoms with Gasteiger partial charge in [-0.15, -0.1) is 0 Å². The van der Waals surface area contributed by atoms with Gasteiger partial charge in [-0.3, -0.25) is 9.59 Å². The van der Waals surface area contributed by atoms with Gasteiger partial charge < -0.3 is 19.5 Å². The Bertz CT molecular complexity index is 2190. The molecule has 0 saturated heterocycles. The molecule has 200 valence electrons. The second kappa shape index (κ2) is 8.40. The number of aromatic amines is 2. The number of hydrogen-bond donors (Lipinski definition) is 3. The Morgan fingerprint density at radius 3 is 2.38 bits per heavy atom. The van der Waals surface area contributed by atoms with Crippen molar-refractivity contribution in [1.82, 2.24) is 18.9 Å². The maximum atomic E-state index is 13.6. The molecule has 8 heteroatoms. The van der Waals surface area contributed by atoms with Crippen molar-refractivity contribution >= 4 is 27.5 Å². The molecule has 0 bridgehead atoms. The normalized spacial score (nSPS) is 14.0. The predicted molar refractivity (Wildman–Crippen MR) is 157 cm³/mol. The van der Waals surface area contributed by atoms with Crippen molar-refractivity contribution in [1.29, 1.82) is 0 Å². The van der Waals surface area contributed by atoms with Crippen LogP contribution in [0.2, 0.25) is 0 Å². The van der Waals surface area contributed by atoms with E-state index in [9.17, 15) is 19.5 Å². The molecule has 0 amide bonds. The largest absolute Gasteiger partial charge is 0.386 e. The van der Waals surface area contributed by atoms with Crippen LogP contribution in [0, 0.1) is 6.92 Å². The Labute approximate surface area is 228 Å². The number of nitrogens with one attached hydrogen (secondary N) is 2. The first-order chi connectivity index (χ1) is 19.1. The summed E-state index contributed by atoms with van der Waals surface area (Å²) in [5.74, 6) is 0.356. The second-order valence-corrected chi connectivity index (χ2v) is 11.3. The number of benzene rings is 3. The van der Waals surface area contributed by atoms with Crippen molar-refractivity contribution in [3.05, 3.63) is 115 Å². The second-order valence-electron chi connectivity index (χ2n) is 11.3. The van der Waals surface area contributed by atoms with Crippen molar-refractivity contribution in [2.24, 2.45) is 0 Å². The van der Waals surface area contributed by atoms with Crippen molar-refractivity contribution in [3.63, 3.8) is 0 Å². The minimum absolute atomic E-state index is 0.245. The van der Waals surface area contributed by atoms with Gasteiger partial charge >= 0.3 is 5.69 Å². The molecule has 40 heavy (non-hydrogen) atoms. The summed E-state index contributed by atoms with van der Waals surface area (Å²) in [5.41, 5.74) is 4.86. The number of rotatable bonds is 4. The molecule has 3 aromatic heterocycles. The zero-order chi connectivity index (χ0) is 27.9. The van der Waals surface area contributed by atoms with E-state index >= 15 is 0 Å². The molecular formula is C32H28N4O4. The molecule has 0 spiro atoms. The quantitative estimate of drug-likeness (QED) is 0.301. The van der Waals surface area contributed by atoms with E-state index < -0.39 is 11.3 Å². The van der Waals surface area contributed by atoms with E-state index in [1.807, 2.05) is 35.6 Å². The van der Waals surface area contributed by atoms with Crippen LogP contribution in [0.3, 0.4) is 0 Å². The molecular weight excluding hydrogens is 504 g/mol. The van der Waals surface area contributed by atoms with Gasteiger partial charge in [0.2, 0.25) is 0 Å². The molecule has 0 unspecified atom stereocenters. The molecule has 3 heterocycles. The third-order valence-electron chi connectivity index (χ3n) is 8.08. The highest BCUT2D eigenvalue weighted by Crippen LogP contribution is 2.43. The Hall–Kier alpha value is -4.69. The first-order valence-corrected chi connectivity index (χ1v) is 13.4. The average Bonchev–Trinajstić information content (AvgIpc) is 3.67. The first kappa shape index (κ1) is 24.4. The topological polar surface area (TPSA) is 112 Å². The lowest BCUT2D eigenvalue weighted by molar-refractivity contribution is 0.0787. The summed E-state index contributed by atoms with van der Waals surface area (Å²) < 4.78 is 3.14. The summed E-state index contributed by atoms with van der Waals surface area (Å²) in [7, 11) is 0. The molecule has 0 radical (unpaired) electrons. The Kier molecular flexibility index (Phi) is 5.12. The van der Waals surface area contributed by atoms with Crippen LogP contribution in [0.15, 0.2) is 81.1 Å². The van der Waals surface area contributed by atoms with Gasteiger partial charge in [0, 0.05) is 5.56 Å². The molecule has 0 atom stereocenters. The number of fused-ring (bicyclic) bond motifs is 4. The Balaban J connectivity index is 1.55. The number of aliphatic hydroxyl groups is 1. The van der Waals surface area contributed by atoms with E-state index in [0.29, 0.717) is 39.1 Å². The highest BCUT2D eigenvalue weighted by Gasteiger charge is 2.27. The smallest absolute Gasteiger partial charge is 0.333 e. The lowest BCUT2D eigenvalue weighted by atomic mass is 9.97. The van der Waals surface area contributed by atoms with Crippen LogP contribution in [0.1, 0.15) is 49.3 Å². The van der Waals surface area contributed by atoms with Gasteiger partial charge in [0.1, 0.15) is 5.52 Å². The molecule has 1 fully saturated rings. The van der Waals surface area contributed by atoms with Crippen LogP contribution in [0.5, 0.6) is 0 Å². The number of H-pyrrole nitrogens is 2. The van der Waals surface area contributed by atoms with E-state index in [-0.39, 0.29) is 11.1 Å². The van der Waals surface area contributed by atoms with Crippen LogP contribution in [0.4, 0.5) is 0 Å². The Morgan fingerprint density at radius 1 is 0.875 bits per heavy atom. The van der Waals surface area contributed by atoms with Gasteiger partial charge in [0.05, 0.1) is 38.9 Å². The molecule has 7 rings (SSSR count). The third-order valence-corrected chi connectivity index (χ3v) is 8.08. The molecule has 3 N–H and O–H groups in total. The maximum absolute atomic E-state index is 13.6. The standard InChI is InChI=1S/C32H28N4O4/c1-17-22(25-12-13-27-29(37)33-24-16-20(32(2,3)40)10-11-26(24)35(25)27)14-19(18-8-9-18)15-28(17)36-30(38)21-6-4-5-7-23(21)34-31(36)39/h4-7,10-16,18,40H,8-9H2,1-3H3,(H,33,37)(H,34,39). The molecule has 1 saturated carbocycles. The first-order valence-electron chi connectivity index (χ1n) is 13.4. The van der Waals surface area contributed by atoms with E-state index in [1.54, 1.807) is 50.2 Å². The highest BCUT2D eigenvalue weighted by molar-refractivity contribution is 5.85. The lowest BCUT2D eigenvalue weighted by Crippen LogP contribution is -2.34. The van der Waals surface area contributed by atoms with Crippen molar-refractivity contribution in [3.8, 4) is 16.9 Å². The monoisotopic (exact) mass is 532 g/mol. The lowest BCUT2D eigenvalue weighted by Gasteiger charge is -2.19. The van der Waals surface area contributed by atoms with Gasteiger partial charge in [0.15, 0.2) is 0 Å². The summed E-state index contributed by atoms with van der Waals surface area (Å²) in [6.07, 6.45) is 2.09. The number of para-hydroxylation sites is 1. The van der Waals surface area contributed by atoms with Crippen molar-refractivity contribution in [2.45, 2.75) is 45.1 Å². The summed E-state index contributed by atoms with van der Waals surface area (Å²) >= 11 is 0. The summed E-state index contributed by atoms with van der Waals surface area (Å²) in [4.78, 5) is 45.8. The van der Waals surface area contributed by atoms with Crippen LogP contribution >= 0.6 is 0 Å². The fourth-order valence-corrected chi connectivity index (χ4v) is 5.73. The highest BCUT2D eigenvalue weighted by atomic mass is 16.3. The van der Waals surface area contributed by atoms with Gasteiger partial charge in [-0.1, -0.05) is 18.2 Å². The zero-order valence-corrected chi connectivity index (χ0v) is 22.4. The fourth-order valence-electron chi connectivity index (χ4n) is 5.73. The Morgan fingerprint density at radius 2 is 1.62 bits per heavy atom. The van der Waals surface area contributed by atoms with Crippen LogP contribution in [0.25, 0.3) is 44.4 Å². The molecule has 1 aliphatic carbocycles. The SMILES string of the molecule is Cc1c(-c2ccc3c(=O)[nH]c4cc(C(C)(C)O)ccc4n23)cc(C2CC2)cc1-n1c(=O)[nH]c2ccccc2c1=O. The number of aromatic nitrogens is 4. The van der Waals surface area contributed by atoms with Gasteiger partial charge in [-0.05, 0) is 105 Å². The van der Waals surface area contributed by atoms with Gasteiger partial charge in [-0.2, -0.15) is 0 Å². The number of nitrogens with zero attached hydrogens (tertiary/aromatic N) is 2. The van der Waals surface area contributed by atoms with E-state index in [0.717, 1.165) is 40.7 Å².